The summed E-state index contributed by atoms with van der Waals surface area (Å²) in [6, 6.07) is 0. The van der Waals surface area contributed by atoms with Crippen molar-refractivity contribution in [2.45, 2.75) is 45.4 Å². The van der Waals surface area contributed by atoms with Crippen LogP contribution in [0.15, 0.2) is 0 Å². The van der Waals surface area contributed by atoms with Crippen molar-refractivity contribution in [1.82, 2.24) is 0 Å². The van der Waals surface area contributed by atoms with Crippen LogP contribution >= 0.6 is 0 Å². The molecule has 0 radical (unpaired) electrons. The van der Waals surface area contributed by atoms with Gasteiger partial charge in [-0.15, -0.1) is 0 Å². The molecule has 0 saturated heterocycles. The molecule has 0 atom stereocenters. The Labute approximate surface area is 154 Å². The average molecular weight is 499 g/mol. The Morgan fingerprint density at radius 2 is 1.05 bits per heavy atom. The van der Waals surface area contributed by atoms with Gasteiger partial charge in [0.1, 0.15) is 0 Å². The van der Waals surface area contributed by atoms with Crippen LogP contribution in [0.4, 0.5) is 0 Å². The molecule has 0 aliphatic carbocycles. The van der Waals surface area contributed by atoms with E-state index in [2.05, 4.69) is 42.2 Å². The summed E-state index contributed by atoms with van der Waals surface area (Å²) >= 11 is 0. The minimum absolute atomic E-state index is 0. The van der Waals surface area contributed by atoms with Crippen molar-refractivity contribution in [1.29, 1.82) is 0 Å². The zero-order valence-corrected chi connectivity index (χ0v) is 18.9. The summed E-state index contributed by atoms with van der Waals surface area (Å²) in [7, 11) is 11.6. The Bertz CT molecular complexity index is 195. The van der Waals surface area contributed by atoms with Gasteiger partial charge in [0.2, 0.25) is 0 Å². The fourth-order valence-electron chi connectivity index (χ4n) is 2.23. The Kier molecular flexibility index (Phi) is 22.1. The number of quaternary nitrogens is 2. The average Bonchev–Trinajstić information content (AvgIpc) is 2.14. The first kappa shape index (κ1) is 29.2. The van der Waals surface area contributed by atoms with E-state index in [4.69, 9.17) is 0 Å². The van der Waals surface area contributed by atoms with Crippen LogP contribution in [0.25, 0.3) is 0 Å². The maximum Gasteiger partial charge on any atom is 0.0836 e. The van der Waals surface area contributed by atoms with Crippen LogP contribution < -0.4 is 24.8 Å². The van der Waals surface area contributed by atoms with Gasteiger partial charge in [-0.25, -0.2) is 0 Å². The molecule has 20 heavy (non-hydrogen) atoms. The van der Waals surface area contributed by atoms with E-state index in [1.807, 2.05) is 0 Å². The van der Waals surface area contributed by atoms with E-state index in [0.717, 1.165) is 4.48 Å². The van der Waals surface area contributed by atoms with Crippen molar-refractivity contribution in [2.75, 3.05) is 54.9 Å². The van der Waals surface area contributed by atoms with Gasteiger partial charge in [-0.2, -0.15) is 0 Å². The van der Waals surface area contributed by atoms with Crippen molar-refractivity contribution in [3.63, 3.8) is 0 Å². The Hall–Kier alpha value is 1.19. The topological polar surface area (TPSA) is 0 Å². The van der Waals surface area contributed by atoms with Gasteiger partial charge in [-0.1, -0.05) is 26.2 Å². The van der Waals surface area contributed by atoms with Gasteiger partial charge in [-0.3, -0.25) is 0 Å². The number of unbranched alkanes of at least 4 members (excludes halogenated alkanes) is 4. The number of hydrogen-bond acceptors (Lipinski definition) is 0. The minimum Gasteiger partial charge on any atom is -1.00 e. The normalized spacial score (nSPS) is 11.1. The molecule has 5 heteroatoms. The number of nitrogens with zero attached hydrogens (tertiary/aromatic N) is 2. The predicted molar refractivity (Wildman–Crippen MR) is 78.1 cm³/mol. The van der Waals surface area contributed by atoms with Gasteiger partial charge in [-0.05, 0) is 12.8 Å². The van der Waals surface area contributed by atoms with E-state index in [9.17, 15) is 0 Å². The van der Waals surface area contributed by atoms with E-state index < -0.39 is 0 Å². The molecule has 0 aliphatic rings. The standard InChI is InChI=1S/C15H36N2.2ClH.W/c1-7-8-9-10-11-14-17(5,6)15-12-13-16(2,3)4;;;/h7-15H2,1-6H3;2*1H;/q+2;;;/p-2. The predicted octanol–water partition coefficient (Wildman–Crippen LogP) is -2.86. The third kappa shape index (κ3) is 21.5. The Morgan fingerprint density at radius 3 is 1.50 bits per heavy atom. The molecule has 2 nitrogen and oxygen atoms in total. The second kappa shape index (κ2) is 15.1. The van der Waals surface area contributed by atoms with Gasteiger partial charge in [0, 0.05) is 27.5 Å². The zero-order valence-electron chi connectivity index (χ0n) is 14.4. The summed E-state index contributed by atoms with van der Waals surface area (Å²) in [5.74, 6) is 0. The quantitative estimate of drug-likeness (QED) is 0.224. The summed E-state index contributed by atoms with van der Waals surface area (Å²) in [5.41, 5.74) is 0. The SMILES string of the molecule is CCCCCCC[N+](C)(C)CCC[N+](C)(C)C.[Cl-].[Cl-].[W]. The maximum absolute atomic E-state index is 2.38. The van der Waals surface area contributed by atoms with Crippen LogP contribution in [0, 0.1) is 0 Å². The summed E-state index contributed by atoms with van der Waals surface area (Å²) in [6.07, 6.45) is 8.35. The molecule has 0 heterocycles. The third-order valence-electron chi connectivity index (χ3n) is 3.46. The molecule has 0 rings (SSSR count). The molecule has 0 aromatic heterocycles. The molecular weight excluding hydrogens is 463 g/mol. The summed E-state index contributed by atoms with van der Waals surface area (Å²) in [4.78, 5) is 0. The van der Waals surface area contributed by atoms with Crippen molar-refractivity contribution in [3.05, 3.63) is 0 Å². The van der Waals surface area contributed by atoms with E-state index in [1.165, 1.54) is 62.6 Å². The number of hydrogen-bond donors (Lipinski definition) is 0. The van der Waals surface area contributed by atoms with Crippen molar-refractivity contribution in [3.8, 4) is 0 Å². The monoisotopic (exact) mass is 498 g/mol. The molecule has 0 unspecified atom stereocenters. The van der Waals surface area contributed by atoms with Crippen molar-refractivity contribution in [2.24, 2.45) is 0 Å². The molecule has 0 fully saturated rings. The van der Waals surface area contributed by atoms with Gasteiger partial charge in [0.05, 0.1) is 54.9 Å². The van der Waals surface area contributed by atoms with Crippen molar-refractivity contribution >= 4 is 0 Å². The minimum atomic E-state index is 0. The van der Waals surface area contributed by atoms with Crippen LogP contribution in [0.1, 0.15) is 45.4 Å². The molecule has 0 aromatic carbocycles. The smallest absolute Gasteiger partial charge is 0.0836 e. The fourth-order valence-corrected chi connectivity index (χ4v) is 2.23. The van der Waals surface area contributed by atoms with Crippen LogP contribution in [0.2, 0.25) is 0 Å². The first-order valence-corrected chi connectivity index (χ1v) is 7.39. The second-order valence-corrected chi connectivity index (χ2v) is 7.16. The molecule has 0 bridgehead atoms. The van der Waals surface area contributed by atoms with E-state index in [1.54, 1.807) is 0 Å². The molecule has 0 N–H and O–H groups in total. The first-order valence-electron chi connectivity index (χ1n) is 7.39. The van der Waals surface area contributed by atoms with Gasteiger partial charge >= 0.3 is 0 Å². The summed E-state index contributed by atoms with van der Waals surface area (Å²) < 4.78 is 2.29. The molecular formula is C15H36Cl2N2W. The van der Waals surface area contributed by atoms with E-state index in [-0.39, 0.29) is 45.9 Å². The molecule has 0 amide bonds. The van der Waals surface area contributed by atoms with Gasteiger partial charge < -0.3 is 33.8 Å². The molecule has 0 spiro atoms. The van der Waals surface area contributed by atoms with E-state index in [0.29, 0.717) is 0 Å². The van der Waals surface area contributed by atoms with Crippen LogP contribution in [0.5, 0.6) is 0 Å². The van der Waals surface area contributed by atoms with Gasteiger partial charge in [0.25, 0.3) is 0 Å². The molecule has 0 saturated carbocycles. The number of halogens is 2. The largest absolute Gasteiger partial charge is 1.00 e. The van der Waals surface area contributed by atoms with Crippen molar-refractivity contribution < 1.29 is 54.8 Å². The summed E-state index contributed by atoms with van der Waals surface area (Å²) in [6.45, 7) is 6.24. The molecule has 126 valence electrons. The van der Waals surface area contributed by atoms with Gasteiger partial charge in [0.15, 0.2) is 0 Å². The van der Waals surface area contributed by atoms with Crippen LogP contribution in [0.3, 0.4) is 0 Å². The number of rotatable bonds is 10. The van der Waals surface area contributed by atoms with Crippen LogP contribution in [-0.2, 0) is 21.1 Å². The fraction of sp³-hybridized carbons (Fsp3) is 1.00. The molecule has 0 aromatic rings. The Morgan fingerprint density at radius 1 is 0.600 bits per heavy atom. The second-order valence-electron chi connectivity index (χ2n) is 7.16. The first-order chi connectivity index (χ1) is 7.77. The Balaban J connectivity index is -0.000000427. The zero-order chi connectivity index (χ0) is 13.4. The summed E-state index contributed by atoms with van der Waals surface area (Å²) in [5, 5.41) is 0. The third-order valence-corrected chi connectivity index (χ3v) is 3.46. The van der Waals surface area contributed by atoms with Crippen LogP contribution in [-0.4, -0.2) is 63.8 Å². The van der Waals surface area contributed by atoms with E-state index >= 15 is 0 Å². The maximum atomic E-state index is 2.38. The molecule has 0 aliphatic heterocycles.